The molecule has 0 saturated heterocycles. The highest BCUT2D eigenvalue weighted by atomic mass is 16.4. The van der Waals surface area contributed by atoms with Gasteiger partial charge in [-0.15, -0.1) is 0 Å². The molecule has 0 radical (unpaired) electrons. The Labute approximate surface area is 125 Å². The Hall–Kier alpha value is -2.29. The van der Waals surface area contributed by atoms with E-state index in [2.05, 4.69) is 37.4 Å². The average molecular weight is 283 g/mol. The molecule has 0 aromatic heterocycles. The van der Waals surface area contributed by atoms with E-state index in [-0.39, 0.29) is 0 Å². The first-order valence-electron chi connectivity index (χ1n) is 7.32. The number of para-hydroxylation sites is 1. The summed E-state index contributed by atoms with van der Waals surface area (Å²) >= 11 is 0. The highest BCUT2D eigenvalue weighted by Gasteiger charge is 2.07. The second kappa shape index (κ2) is 6.93. The molecule has 2 rings (SSSR count). The van der Waals surface area contributed by atoms with Gasteiger partial charge in [0.15, 0.2) is 0 Å². The Kier molecular flexibility index (Phi) is 4.99. The minimum absolute atomic E-state index is 0.328. The number of aromatic carboxylic acids is 1. The number of aryl methyl sites for hydroxylation is 2. The zero-order valence-electron chi connectivity index (χ0n) is 12.5. The van der Waals surface area contributed by atoms with Crippen LogP contribution in [0.25, 0.3) is 0 Å². The molecule has 110 valence electrons. The summed E-state index contributed by atoms with van der Waals surface area (Å²) in [6.45, 7) is 4.92. The monoisotopic (exact) mass is 283 g/mol. The summed E-state index contributed by atoms with van der Waals surface area (Å²) in [7, 11) is 0. The van der Waals surface area contributed by atoms with Crippen molar-refractivity contribution in [1.82, 2.24) is 0 Å². The molecule has 0 bridgehead atoms. The van der Waals surface area contributed by atoms with Crippen LogP contribution in [-0.2, 0) is 19.4 Å². The van der Waals surface area contributed by atoms with E-state index < -0.39 is 5.97 Å². The lowest BCUT2D eigenvalue weighted by molar-refractivity contribution is 0.0697. The Morgan fingerprint density at radius 2 is 1.67 bits per heavy atom. The second-order valence-corrected chi connectivity index (χ2v) is 5.02. The average Bonchev–Trinajstić information content (AvgIpc) is 2.52. The molecule has 21 heavy (non-hydrogen) atoms. The third-order valence-electron chi connectivity index (χ3n) is 3.64. The first-order valence-corrected chi connectivity index (χ1v) is 7.32. The predicted molar refractivity (Wildman–Crippen MR) is 85.9 cm³/mol. The van der Waals surface area contributed by atoms with Crippen molar-refractivity contribution in [2.24, 2.45) is 0 Å². The van der Waals surface area contributed by atoms with Crippen LogP contribution in [0.5, 0.6) is 0 Å². The lowest BCUT2D eigenvalue weighted by Gasteiger charge is -2.15. The molecular formula is C18H21NO2. The topological polar surface area (TPSA) is 49.3 Å². The van der Waals surface area contributed by atoms with Gasteiger partial charge >= 0.3 is 5.97 Å². The second-order valence-electron chi connectivity index (χ2n) is 5.02. The molecule has 0 atom stereocenters. The largest absolute Gasteiger partial charge is 0.478 e. The molecule has 2 aromatic carbocycles. The maximum Gasteiger partial charge on any atom is 0.335 e. The van der Waals surface area contributed by atoms with Crippen LogP contribution in [-0.4, -0.2) is 11.1 Å². The summed E-state index contributed by atoms with van der Waals surface area (Å²) in [5.74, 6) is -0.889. The van der Waals surface area contributed by atoms with Gasteiger partial charge in [0.25, 0.3) is 0 Å². The standard InChI is InChI=1S/C18H21NO2/c1-3-14-8-6-9-15(4-2)17(14)19-12-13-7-5-10-16(11-13)18(20)21/h5-11,19H,3-4,12H2,1-2H3,(H,20,21). The molecular weight excluding hydrogens is 262 g/mol. The van der Waals surface area contributed by atoms with Crippen LogP contribution in [0.2, 0.25) is 0 Å². The molecule has 0 aliphatic heterocycles. The lowest BCUT2D eigenvalue weighted by atomic mass is 10.0. The summed E-state index contributed by atoms with van der Waals surface area (Å²) in [4.78, 5) is 11.0. The van der Waals surface area contributed by atoms with Crippen LogP contribution in [0, 0.1) is 0 Å². The number of hydrogen-bond acceptors (Lipinski definition) is 2. The van der Waals surface area contributed by atoms with Crippen molar-refractivity contribution in [3.05, 3.63) is 64.7 Å². The zero-order valence-corrected chi connectivity index (χ0v) is 12.5. The highest BCUT2D eigenvalue weighted by molar-refractivity contribution is 5.87. The summed E-state index contributed by atoms with van der Waals surface area (Å²) in [6, 6.07) is 13.4. The van der Waals surface area contributed by atoms with E-state index in [0.717, 1.165) is 18.4 Å². The number of rotatable bonds is 6. The summed E-state index contributed by atoms with van der Waals surface area (Å²) in [5, 5.41) is 12.5. The van der Waals surface area contributed by atoms with Crippen LogP contribution in [0.3, 0.4) is 0 Å². The molecule has 0 amide bonds. The number of hydrogen-bond donors (Lipinski definition) is 2. The molecule has 3 heteroatoms. The van der Waals surface area contributed by atoms with Gasteiger partial charge in [0.1, 0.15) is 0 Å². The van der Waals surface area contributed by atoms with Gasteiger partial charge in [-0.3, -0.25) is 0 Å². The van der Waals surface area contributed by atoms with Crippen molar-refractivity contribution in [3.8, 4) is 0 Å². The van der Waals surface area contributed by atoms with Crippen LogP contribution in [0.4, 0.5) is 5.69 Å². The molecule has 0 aliphatic carbocycles. The number of nitrogens with one attached hydrogen (secondary N) is 1. The fourth-order valence-electron chi connectivity index (χ4n) is 2.47. The summed E-state index contributed by atoms with van der Waals surface area (Å²) < 4.78 is 0. The van der Waals surface area contributed by atoms with Crippen LogP contribution < -0.4 is 5.32 Å². The summed E-state index contributed by atoms with van der Waals surface area (Å²) in [5.41, 5.74) is 5.08. The SMILES string of the molecule is CCc1cccc(CC)c1NCc1cccc(C(=O)O)c1. The van der Waals surface area contributed by atoms with Gasteiger partial charge in [-0.25, -0.2) is 4.79 Å². The quantitative estimate of drug-likeness (QED) is 0.838. The van der Waals surface area contributed by atoms with Crippen molar-refractivity contribution in [1.29, 1.82) is 0 Å². The Bertz CT molecular complexity index is 613. The van der Waals surface area contributed by atoms with Gasteiger partial charge in [0.05, 0.1) is 5.56 Å². The van der Waals surface area contributed by atoms with E-state index in [1.807, 2.05) is 6.07 Å². The highest BCUT2D eigenvalue weighted by Crippen LogP contribution is 2.23. The van der Waals surface area contributed by atoms with E-state index in [0.29, 0.717) is 12.1 Å². The third kappa shape index (κ3) is 3.63. The van der Waals surface area contributed by atoms with Gasteiger partial charge in [-0.1, -0.05) is 44.2 Å². The van der Waals surface area contributed by atoms with Gasteiger partial charge in [0.2, 0.25) is 0 Å². The fraction of sp³-hybridized carbons (Fsp3) is 0.278. The number of carbonyl (C=O) groups is 1. The van der Waals surface area contributed by atoms with E-state index in [4.69, 9.17) is 5.11 Å². The molecule has 2 aromatic rings. The first-order chi connectivity index (χ1) is 10.2. The van der Waals surface area contributed by atoms with Crippen molar-refractivity contribution >= 4 is 11.7 Å². The molecule has 0 spiro atoms. The molecule has 0 fully saturated rings. The minimum Gasteiger partial charge on any atom is -0.478 e. The van der Waals surface area contributed by atoms with E-state index in [1.165, 1.54) is 16.8 Å². The molecule has 0 saturated carbocycles. The fourth-order valence-corrected chi connectivity index (χ4v) is 2.47. The normalized spacial score (nSPS) is 10.4. The summed E-state index contributed by atoms with van der Waals surface area (Å²) in [6.07, 6.45) is 1.96. The maximum absolute atomic E-state index is 11.0. The van der Waals surface area contributed by atoms with Crippen LogP contribution in [0.15, 0.2) is 42.5 Å². The molecule has 0 unspecified atom stereocenters. The minimum atomic E-state index is -0.889. The number of anilines is 1. The lowest BCUT2D eigenvalue weighted by Crippen LogP contribution is -2.06. The molecule has 3 nitrogen and oxygen atoms in total. The van der Waals surface area contributed by atoms with Crippen molar-refractivity contribution in [3.63, 3.8) is 0 Å². The molecule has 0 aliphatic rings. The van der Waals surface area contributed by atoms with Gasteiger partial charge in [-0.2, -0.15) is 0 Å². The van der Waals surface area contributed by atoms with Crippen molar-refractivity contribution in [2.75, 3.05) is 5.32 Å². The van der Waals surface area contributed by atoms with Gasteiger partial charge < -0.3 is 10.4 Å². The van der Waals surface area contributed by atoms with Gasteiger partial charge in [0, 0.05) is 12.2 Å². The number of carboxylic acid groups (broad SMARTS) is 1. The van der Waals surface area contributed by atoms with E-state index in [1.54, 1.807) is 18.2 Å². The predicted octanol–water partition coefficient (Wildman–Crippen LogP) is 4.12. The van der Waals surface area contributed by atoms with E-state index >= 15 is 0 Å². The number of benzene rings is 2. The smallest absolute Gasteiger partial charge is 0.335 e. The third-order valence-corrected chi connectivity index (χ3v) is 3.64. The van der Waals surface area contributed by atoms with Crippen LogP contribution in [0.1, 0.15) is 40.9 Å². The van der Waals surface area contributed by atoms with Crippen molar-refractivity contribution < 1.29 is 9.90 Å². The first kappa shape index (κ1) is 15.1. The van der Waals surface area contributed by atoms with Crippen molar-refractivity contribution in [2.45, 2.75) is 33.2 Å². The Morgan fingerprint density at radius 1 is 1.05 bits per heavy atom. The molecule has 0 heterocycles. The Morgan fingerprint density at radius 3 is 2.24 bits per heavy atom. The Balaban J connectivity index is 2.20. The van der Waals surface area contributed by atoms with E-state index in [9.17, 15) is 4.79 Å². The number of carboxylic acids is 1. The maximum atomic E-state index is 11.0. The van der Waals surface area contributed by atoms with Gasteiger partial charge in [-0.05, 0) is 41.7 Å². The van der Waals surface area contributed by atoms with Crippen LogP contribution >= 0.6 is 0 Å². The zero-order chi connectivity index (χ0) is 15.2. The molecule has 2 N–H and O–H groups in total.